The van der Waals surface area contributed by atoms with Gasteiger partial charge < -0.3 is 0 Å². The SMILES string of the molecule is [CH2]CCCCCCCCCCN=C=O. The number of unbranched alkanes of at least 4 members (excludes halogenated alkanes) is 8. The van der Waals surface area contributed by atoms with Gasteiger partial charge in [-0.3, -0.25) is 0 Å². The first-order valence-electron chi connectivity index (χ1n) is 5.74. The van der Waals surface area contributed by atoms with Gasteiger partial charge in [0.25, 0.3) is 0 Å². The van der Waals surface area contributed by atoms with Crippen molar-refractivity contribution < 1.29 is 4.79 Å². The second-order valence-electron chi connectivity index (χ2n) is 3.65. The van der Waals surface area contributed by atoms with E-state index in [1.165, 1.54) is 44.9 Å². The van der Waals surface area contributed by atoms with Gasteiger partial charge in [0.05, 0.1) is 6.54 Å². The summed E-state index contributed by atoms with van der Waals surface area (Å²) in [5.74, 6) is 0. The van der Waals surface area contributed by atoms with E-state index in [9.17, 15) is 4.79 Å². The number of hydrogen-bond acceptors (Lipinski definition) is 2. The molecule has 0 fully saturated rings. The van der Waals surface area contributed by atoms with Gasteiger partial charge in [-0.1, -0.05) is 58.3 Å². The molecule has 2 heteroatoms. The molecular weight excluding hydrogens is 174 g/mol. The number of isocyanates is 1. The molecule has 0 aliphatic rings. The average Bonchev–Trinajstić information content (AvgIpc) is 2.21. The molecule has 0 N–H and O–H groups in total. The summed E-state index contributed by atoms with van der Waals surface area (Å²) in [6, 6.07) is 0. The Morgan fingerprint density at radius 1 is 0.857 bits per heavy atom. The van der Waals surface area contributed by atoms with E-state index >= 15 is 0 Å². The minimum absolute atomic E-state index is 0.658. The Kier molecular flexibility index (Phi) is 11.8. The molecule has 1 radical (unpaired) electrons. The van der Waals surface area contributed by atoms with Crippen molar-refractivity contribution in [1.29, 1.82) is 0 Å². The maximum atomic E-state index is 9.74. The van der Waals surface area contributed by atoms with Crippen LogP contribution in [0.1, 0.15) is 57.8 Å². The molecule has 0 aromatic carbocycles. The maximum Gasteiger partial charge on any atom is 0.234 e. The van der Waals surface area contributed by atoms with E-state index in [2.05, 4.69) is 11.9 Å². The van der Waals surface area contributed by atoms with Gasteiger partial charge in [-0.25, -0.2) is 9.79 Å². The van der Waals surface area contributed by atoms with Gasteiger partial charge in [0.15, 0.2) is 0 Å². The van der Waals surface area contributed by atoms with Crippen molar-refractivity contribution in [3.63, 3.8) is 0 Å². The molecule has 0 spiro atoms. The fourth-order valence-electron chi connectivity index (χ4n) is 1.47. The largest absolute Gasteiger partial charge is 0.234 e. The van der Waals surface area contributed by atoms with E-state index in [1.54, 1.807) is 6.08 Å². The quantitative estimate of drug-likeness (QED) is 0.298. The highest BCUT2D eigenvalue weighted by molar-refractivity contribution is 5.32. The first-order chi connectivity index (χ1) is 6.91. The van der Waals surface area contributed by atoms with Gasteiger partial charge >= 0.3 is 0 Å². The highest BCUT2D eigenvalue weighted by Crippen LogP contribution is 2.09. The molecule has 14 heavy (non-hydrogen) atoms. The van der Waals surface area contributed by atoms with E-state index in [-0.39, 0.29) is 0 Å². The number of nitrogens with zero attached hydrogens (tertiary/aromatic N) is 1. The summed E-state index contributed by atoms with van der Waals surface area (Å²) in [7, 11) is 0. The minimum Gasteiger partial charge on any atom is -0.211 e. The van der Waals surface area contributed by atoms with Crippen molar-refractivity contribution in [3.05, 3.63) is 6.92 Å². The molecule has 0 aromatic heterocycles. The average molecular weight is 196 g/mol. The molecule has 0 aromatic rings. The van der Waals surface area contributed by atoms with E-state index < -0.39 is 0 Å². The highest BCUT2D eigenvalue weighted by atomic mass is 16.1. The van der Waals surface area contributed by atoms with Crippen LogP contribution in [0.5, 0.6) is 0 Å². The Morgan fingerprint density at radius 2 is 1.36 bits per heavy atom. The van der Waals surface area contributed by atoms with Crippen LogP contribution >= 0.6 is 0 Å². The van der Waals surface area contributed by atoms with Crippen LogP contribution in [0, 0.1) is 6.92 Å². The Labute approximate surface area is 87.8 Å². The topological polar surface area (TPSA) is 29.4 Å². The molecule has 0 rings (SSSR count). The van der Waals surface area contributed by atoms with Gasteiger partial charge in [0.1, 0.15) is 0 Å². The lowest BCUT2D eigenvalue weighted by molar-refractivity contribution is 0.557. The number of carbonyl (C=O) groups excluding carboxylic acids is 1. The predicted molar refractivity (Wildman–Crippen MR) is 59.9 cm³/mol. The Morgan fingerprint density at radius 3 is 1.86 bits per heavy atom. The summed E-state index contributed by atoms with van der Waals surface area (Å²) in [5, 5.41) is 0. The Balaban J connectivity index is 2.88. The second kappa shape index (κ2) is 12.4. The highest BCUT2D eigenvalue weighted by Gasteiger charge is 1.91. The molecule has 2 nitrogen and oxygen atoms in total. The lowest BCUT2D eigenvalue weighted by Gasteiger charge is -1.99. The summed E-state index contributed by atoms with van der Waals surface area (Å²) >= 11 is 0. The molecule has 0 bridgehead atoms. The van der Waals surface area contributed by atoms with E-state index in [1.807, 2.05) is 0 Å². The zero-order valence-corrected chi connectivity index (χ0v) is 9.13. The van der Waals surface area contributed by atoms with Gasteiger partial charge in [0, 0.05) is 0 Å². The van der Waals surface area contributed by atoms with E-state index in [0.717, 1.165) is 12.8 Å². The lowest BCUT2D eigenvalue weighted by Crippen LogP contribution is -1.83. The fourth-order valence-corrected chi connectivity index (χ4v) is 1.47. The minimum atomic E-state index is 0.658. The molecule has 0 heterocycles. The monoisotopic (exact) mass is 196 g/mol. The summed E-state index contributed by atoms with van der Waals surface area (Å²) in [4.78, 5) is 13.3. The predicted octanol–water partition coefficient (Wildman–Crippen LogP) is 3.67. The maximum absolute atomic E-state index is 9.74. The molecule has 0 aliphatic heterocycles. The first-order valence-corrected chi connectivity index (χ1v) is 5.74. The third-order valence-electron chi connectivity index (χ3n) is 2.33. The van der Waals surface area contributed by atoms with Gasteiger partial charge in [-0.2, -0.15) is 0 Å². The molecule has 0 saturated carbocycles. The van der Waals surface area contributed by atoms with Crippen molar-refractivity contribution in [2.45, 2.75) is 57.8 Å². The second-order valence-corrected chi connectivity index (χ2v) is 3.65. The van der Waals surface area contributed by atoms with E-state index in [4.69, 9.17) is 0 Å². The van der Waals surface area contributed by atoms with Crippen molar-refractivity contribution in [2.24, 2.45) is 4.99 Å². The first kappa shape index (κ1) is 13.4. The third kappa shape index (κ3) is 11.4. The summed E-state index contributed by atoms with van der Waals surface area (Å²) in [6.45, 7) is 4.48. The van der Waals surface area contributed by atoms with Crippen molar-refractivity contribution >= 4 is 6.08 Å². The molecule has 0 unspecified atom stereocenters. The Hall–Kier alpha value is -0.620. The lowest BCUT2D eigenvalue weighted by atomic mass is 10.1. The smallest absolute Gasteiger partial charge is 0.211 e. The normalized spacial score (nSPS) is 9.79. The molecule has 0 saturated heterocycles. The van der Waals surface area contributed by atoms with Crippen molar-refractivity contribution in [2.75, 3.05) is 6.54 Å². The summed E-state index contributed by atoms with van der Waals surface area (Å²) in [5.41, 5.74) is 0. The molecule has 0 aliphatic carbocycles. The Bertz CT molecular complexity index is 150. The fraction of sp³-hybridized carbons (Fsp3) is 0.833. The van der Waals surface area contributed by atoms with Crippen LogP contribution in [0.3, 0.4) is 0 Å². The molecule has 0 atom stereocenters. The van der Waals surface area contributed by atoms with Gasteiger partial charge in [-0.15, -0.1) is 0 Å². The standard InChI is InChI=1S/C12H22NO/c1-2-3-4-5-6-7-8-9-10-11-13-12-14/h1-11H2. The van der Waals surface area contributed by atoms with Gasteiger partial charge in [-0.05, 0) is 6.42 Å². The van der Waals surface area contributed by atoms with Crippen LogP contribution in [0.15, 0.2) is 4.99 Å². The van der Waals surface area contributed by atoms with Crippen molar-refractivity contribution in [3.8, 4) is 0 Å². The van der Waals surface area contributed by atoms with Crippen LogP contribution < -0.4 is 0 Å². The molecule has 0 amide bonds. The zero-order valence-electron chi connectivity index (χ0n) is 9.13. The molecular formula is C12H22NO. The van der Waals surface area contributed by atoms with Gasteiger partial charge in [0.2, 0.25) is 6.08 Å². The van der Waals surface area contributed by atoms with Crippen LogP contribution in [0.25, 0.3) is 0 Å². The number of hydrogen-bond donors (Lipinski definition) is 0. The van der Waals surface area contributed by atoms with Crippen LogP contribution in [0.4, 0.5) is 0 Å². The van der Waals surface area contributed by atoms with Crippen LogP contribution in [-0.2, 0) is 4.79 Å². The van der Waals surface area contributed by atoms with Crippen LogP contribution in [-0.4, -0.2) is 12.6 Å². The summed E-state index contributed by atoms with van der Waals surface area (Å²) in [6.07, 6.45) is 12.8. The summed E-state index contributed by atoms with van der Waals surface area (Å²) < 4.78 is 0. The third-order valence-corrected chi connectivity index (χ3v) is 2.33. The van der Waals surface area contributed by atoms with Crippen LogP contribution in [0.2, 0.25) is 0 Å². The molecule has 81 valence electrons. The number of aliphatic imine (C=N–C) groups is 1. The van der Waals surface area contributed by atoms with E-state index in [0.29, 0.717) is 6.54 Å². The number of rotatable bonds is 10. The zero-order chi connectivity index (χ0) is 10.5. The van der Waals surface area contributed by atoms with Crippen molar-refractivity contribution in [1.82, 2.24) is 0 Å².